The molecule has 1 heterocycles. The van der Waals surface area contributed by atoms with Crippen LogP contribution in [0, 0.1) is 0 Å². The van der Waals surface area contributed by atoms with Gasteiger partial charge in [0.05, 0.1) is 0 Å². The number of hydrogen-bond acceptors (Lipinski definition) is 4. The van der Waals surface area contributed by atoms with E-state index in [2.05, 4.69) is 16.9 Å². The molecule has 0 bridgehead atoms. The molecule has 6 heteroatoms. The molecule has 6 nitrogen and oxygen atoms in total. The molecule has 0 saturated carbocycles. The highest BCUT2D eigenvalue weighted by Crippen LogP contribution is 2.20. The van der Waals surface area contributed by atoms with Crippen molar-refractivity contribution in [2.24, 2.45) is 0 Å². The molecule has 0 unspecified atom stereocenters. The molecule has 106 valence electrons. The van der Waals surface area contributed by atoms with E-state index in [1.54, 1.807) is 37.5 Å². The Morgan fingerprint density at radius 2 is 2.30 bits per heavy atom. The number of carbonyl (C=O) groups excluding carboxylic acids is 1. The molecule has 1 aromatic heterocycles. The van der Waals surface area contributed by atoms with Gasteiger partial charge < -0.3 is 15.2 Å². The van der Waals surface area contributed by atoms with E-state index < -0.39 is 18.4 Å². The van der Waals surface area contributed by atoms with Gasteiger partial charge in [-0.15, -0.1) is 0 Å². The third-order valence-electron chi connectivity index (χ3n) is 2.40. The van der Waals surface area contributed by atoms with Crippen LogP contribution in [0.3, 0.4) is 0 Å². The van der Waals surface area contributed by atoms with Crippen LogP contribution in [0.5, 0.6) is 0 Å². The second kappa shape index (κ2) is 7.73. The van der Waals surface area contributed by atoms with Crippen LogP contribution in [0.4, 0.5) is 0 Å². The van der Waals surface area contributed by atoms with Crippen LogP contribution in [0.1, 0.15) is 18.1 Å². The molecule has 0 aliphatic rings. The first-order valence-electron chi connectivity index (χ1n) is 5.93. The minimum atomic E-state index is -1.10. The van der Waals surface area contributed by atoms with Crippen LogP contribution in [-0.2, 0) is 14.3 Å². The maximum absolute atomic E-state index is 11.4. The molecule has 0 spiro atoms. The number of ether oxygens (including phenoxy) is 1. The summed E-state index contributed by atoms with van der Waals surface area (Å²) >= 11 is 0. The monoisotopic (exact) mass is 276 g/mol. The highest BCUT2D eigenvalue weighted by Gasteiger charge is 2.09. The third-order valence-corrected chi connectivity index (χ3v) is 2.40. The van der Waals surface area contributed by atoms with Crippen molar-refractivity contribution >= 4 is 23.7 Å². The molecule has 20 heavy (non-hydrogen) atoms. The number of carboxylic acids is 1. The summed E-state index contributed by atoms with van der Waals surface area (Å²) in [5.74, 6) is -1.10. The van der Waals surface area contributed by atoms with Crippen molar-refractivity contribution in [3.8, 4) is 0 Å². The van der Waals surface area contributed by atoms with Gasteiger partial charge in [-0.2, -0.15) is 0 Å². The molecule has 0 radical (unpaired) electrons. The molecular weight excluding hydrogens is 260 g/mol. The largest absolute Gasteiger partial charge is 0.483 e. The lowest BCUT2D eigenvalue weighted by molar-refractivity contribution is -0.138. The summed E-state index contributed by atoms with van der Waals surface area (Å²) in [5, 5.41) is 10.7. The van der Waals surface area contributed by atoms with Gasteiger partial charge in [0.1, 0.15) is 12.3 Å². The Kier molecular flexibility index (Phi) is 5.96. The summed E-state index contributed by atoms with van der Waals surface area (Å²) in [6, 6.07) is 1.75. The lowest BCUT2D eigenvalue weighted by Gasteiger charge is -2.12. The fourth-order valence-corrected chi connectivity index (χ4v) is 1.48. The average Bonchev–Trinajstić information content (AvgIpc) is 2.46. The summed E-state index contributed by atoms with van der Waals surface area (Å²) < 4.78 is 5.39. The van der Waals surface area contributed by atoms with Gasteiger partial charge in [0, 0.05) is 23.5 Å². The van der Waals surface area contributed by atoms with Crippen LogP contribution in [0.2, 0.25) is 0 Å². The number of nitrogens with one attached hydrogen (secondary N) is 1. The number of pyridine rings is 1. The van der Waals surface area contributed by atoms with Crippen molar-refractivity contribution in [1.29, 1.82) is 0 Å². The molecule has 2 N–H and O–H groups in total. The highest BCUT2D eigenvalue weighted by atomic mass is 16.5. The van der Waals surface area contributed by atoms with E-state index in [1.807, 2.05) is 0 Å². The zero-order valence-electron chi connectivity index (χ0n) is 11.1. The van der Waals surface area contributed by atoms with Crippen LogP contribution >= 0.6 is 0 Å². The Hall–Kier alpha value is -2.63. The number of amides is 1. The van der Waals surface area contributed by atoms with Crippen molar-refractivity contribution < 1.29 is 19.4 Å². The second-order valence-electron chi connectivity index (χ2n) is 3.78. The minimum absolute atomic E-state index is 0.258. The SMILES string of the molecule is C=Cc1cnccc1/C(=C\C)OCC(=O)NCC(=O)O. The molecule has 0 atom stereocenters. The first-order chi connectivity index (χ1) is 9.58. The highest BCUT2D eigenvalue weighted by molar-refractivity contribution is 5.82. The van der Waals surface area contributed by atoms with Crippen molar-refractivity contribution in [2.75, 3.05) is 13.2 Å². The molecule has 0 aliphatic carbocycles. The van der Waals surface area contributed by atoms with E-state index in [0.29, 0.717) is 5.76 Å². The smallest absolute Gasteiger partial charge is 0.322 e. The zero-order valence-corrected chi connectivity index (χ0v) is 11.1. The predicted molar refractivity (Wildman–Crippen MR) is 74.6 cm³/mol. The molecular formula is C14H16N2O4. The number of allylic oxidation sites excluding steroid dienone is 1. The van der Waals surface area contributed by atoms with E-state index >= 15 is 0 Å². The van der Waals surface area contributed by atoms with Gasteiger partial charge in [0.25, 0.3) is 5.91 Å². The van der Waals surface area contributed by atoms with Gasteiger partial charge in [-0.05, 0) is 19.1 Å². The van der Waals surface area contributed by atoms with Crippen molar-refractivity contribution in [3.63, 3.8) is 0 Å². The zero-order chi connectivity index (χ0) is 15.0. The van der Waals surface area contributed by atoms with Crippen molar-refractivity contribution in [3.05, 3.63) is 42.2 Å². The standard InChI is InChI=1S/C14H16N2O4/c1-3-10-7-15-6-5-11(10)12(4-2)20-9-13(17)16-8-14(18)19/h3-7H,1,8-9H2,2H3,(H,16,17)(H,18,19)/b12-4+. The molecule has 0 aliphatic heterocycles. The molecule has 1 amide bonds. The van der Waals surface area contributed by atoms with E-state index in [4.69, 9.17) is 9.84 Å². The Balaban J connectivity index is 2.67. The lowest BCUT2D eigenvalue weighted by Crippen LogP contribution is -2.32. The normalized spacial score (nSPS) is 10.8. The van der Waals surface area contributed by atoms with E-state index in [0.717, 1.165) is 11.1 Å². The van der Waals surface area contributed by atoms with E-state index in [-0.39, 0.29) is 6.61 Å². The number of nitrogens with zero attached hydrogens (tertiary/aromatic N) is 1. The molecule has 0 saturated heterocycles. The number of carboxylic acid groups (broad SMARTS) is 1. The molecule has 1 aromatic rings. The number of rotatable bonds is 7. The molecule has 0 aromatic carbocycles. The van der Waals surface area contributed by atoms with Gasteiger partial charge in [0.2, 0.25) is 0 Å². The second-order valence-corrected chi connectivity index (χ2v) is 3.78. The molecule has 1 rings (SSSR count). The lowest BCUT2D eigenvalue weighted by atomic mass is 10.1. The summed E-state index contributed by atoms with van der Waals surface area (Å²) in [6.45, 7) is 4.77. The number of aliphatic carboxylic acids is 1. The summed E-state index contributed by atoms with van der Waals surface area (Å²) in [7, 11) is 0. The topological polar surface area (TPSA) is 88.5 Å². The van der Waals surface area contributed by atoms with Crippen molar-refractivity contribution in [1.82, 2.24) is 10.3 Å². The fraction of sp³-hybridized carbons (Fsp3) is 0.214. The Morgan fingerprint density at radius 3 is 2.90 bits per heavy atom. The van der Waals surface area contributed by atoms with Crippen LogP contribution < -0.4 is 5.32 Å². The summed E-state index contributed by atoms with van der Waals surface area (Å²) in [6.07, 6.45) is 6.60. The van der Waals surface area contributed by atoms with Gasteiger partial charge >= 0.3 is 5.97 Å². The summed E-state index contributed by atoms with van der Waals surface area (Å²) in [4.78, 5) is 25.7. The predicted octanol–water partition coefficient (Wildman–Crippen LogP) is 1.30. The number of hydrogen-bond donors (Lipinski definition) is 2. The van der Waals surface area contributed by atoms with Crippen LogP contribution in [-0.4, -0.2) is 35.1 Å². The van der Waals surface area contributed by atoms with Gasteiger partial charge in [0.15, 0.2) is 6.61 Å². The first-order valence-corrected chi connectivity index (χ1v) is 5.93. The van der Waals surface area contributed by atoms with Crippen LogP contribution in [0.25, 0.3) is 11.8 Å². The van der Waals surface area contributed by atoms with E-state index in [9.17, 15) is 9.59 Å². The van der Waals surface area contributed by atoms with E-state index in [1.165, 1.54) is 0 Å². The van der Waals surface area contributed by atoms with Gasteiger partial charge in [-0.3, -0.25) is 14.6 Å². The fourth-order valence-electron chi connectivity index (χ4n) is 1.48. The number of aromatic nitrogens is 1. The Bertz CT molecular complexity index is 538. The van der Waals surface area contributed by atoms with Crippen molar-refractivity contribution in [2.45, 2.75) is 6.92 Å². The minimum Gasteiger partial charge on any atom is -0.483 e. The average molecular weight is 276 g/mol. The van der Waals surface area contributed by atoms with Gasteiger partial charge in [-0.1, -0.05) is 12.7 Å². The third kappa shape index (κ3) is 4.56. The maximum Gasteiger partial charge on any atom is 0.322 e. The number of carbonyl (C=O) groups is 2. The quantitative estimate of drug-likeness (QED) is 0.733. The Labute approximate surface area is 116 Å². The maximum atomic E-state index is 11.4. The Morgan fingerprint density at radius 1 is 1.55 bits per heavy atom. The molecule has 0 fully saturated rings. The first kappa shape index (κ1) is 15.4. The summed E-state index contributed by atoms with van der Waals surface area (Å²) in [5.41, 5.74) is 1.55. The van der Waals surface area contributed by atoms with Crippen LogP contribution in [0.15, 0.2) is 31.1 Å². The van der Waals surface area contributed by atoms with Gasteiger partial charge in [-0.25, -0.2) is 0 Å².